The highest BCUT2D eigenvalue weighted by Crippen LogP contribution is 1.69. The molecule has 0 spiro atoms. The van der Waals surface area contributed by atoms with E-state index in [0.29, 0.717) is 0 Å². The van der Waals surface area contributed by atoms with Crippen LogP contribution in [0.3, 0.4) is 0 Å². The van der Waals surface area contributed by atoms with Crippen LogP contribution in [0.15, 0.2) is 0 Å². The number of aliphatic hydroxyl groups is 1. The summed E-state index contributed by atoms with van der Waals surface area (Å²) in [5.74, 6) is 0. The largest absolute Gasteiger partial charge is 0.396 e. The molecule has 0 atom stereocenters. The predicted molar refractivity (Wildman–Crippen MR) is 22.5 cm³/mol. The van der Waals surface area contributed by atoms with Crippen molar-refractivity contribution in [1.82, 2.24) is 0 Å². The fourth-order valence-corrected chi connectivity index (χ4v) is 0.110. The van der Waals surface area contributed by atoms with Crippen LogP contribution >= 0.6 is 0 Å². The molecule has 0 saturated heterocycles. The van der Waals surface area contributed by atoms with E-state index in [2.05, 4.69) is 7.85 Å². The van der Waals surface area contributed by atoms with E-state index in [1.165, 1.54) is 0 Å². The Kier molecular flexibility index (Phi) is 2.76. The van der Waals surface area contributed by atoms with Crippen molar-refractivity contribution in [3.63, 3.8) is 0 Å². The van der Waals surface area contributed by atoms with Gasteiger partial charge < -0.3 is 9.90 Å². The topological polar surface area (TPSA) is 37.3 Å². The molecule has 2 nitrogen and oxygen atoms in total. The molecule has 0 amide bonds. The maximum Gasteiger partial charge on any atom is 0.167 e. The standard InChI is InChI=1S/C3H5BO2/c4-3(6)1-2-5/h5H,1-2H2. The lowest BCUT2D eigenvalue weighted by atomic mass is 10.0. The number of hydrogen-bond donors (Lipinski definition) is 1. The van der Waals surface area contributed by atoms with Crippen molar-refractivity contribution in [2.75, 3.05) is 6.61 Å². The molecule has 6 heavy (non-hydrogen) atoms. The number of rotatable bonds is 2. The van der Waals surface area contributed by atoms with Gasteiger partial charge in [-0.05, 0) is 0 Å². The molecule has 0 heterocycles. The van der Waals surface area contributed by atoms with Crippen molar-refractivity contribution in [3.05, 3.63) is 0 Å². The molecule has 0 rings (SSSR count). The zero-order chi connectivity index (χ0) is 4.99. The summed E-state index contributed by atoms with van der Waals surface area (Å²) in [6, 6.07) is 0. The molecule has 3 heteroatoms. The molecule has 0 fully saturated rings. The summed E-state index contributed by atoms with van der Waals surface area (Å²) in [6.07, 6.45) is 0.0694. The summed E-state index contributed by atoms with van der Waals surface area (Å²) in [5, 5.41) is 7.94. The van der Waals surface area contributed by atoms with E-state index in [1.54, 1.807) is 0 Å². The lowest BCUT2D eigenvalue weighted by Gasteiger charge is -1.81. The van der Waals surface area contributed by atoms with E-state index in [-0.39, 0.29) is 13.0 Å². The molecule has 0 saturated carbocycles. The summed E-state index contributed by atoms with van der Waals surface area (Å²) in [6.45, 7) is -0.144. The molecule has 0 bridgehead atoms. The van der Waals surface area contributed by atoms with Crippen molar-refractivity contribution in [3.8, 4) is 0 Å². The second kappa shape index (κ2) is 2.91. The third kappa shape index (κ3) is 3.69. The fourth-order valence-electron chi connectivity index (χ4n) is 0.110. The van der Waals surface area contributed by atoms with Crippen LogP contribution in [0.1, 0.15) is 6.42 Å². The summed E-state index contributed by atoms with van der Waals surface area (Å²) < 4.78 is 0. The lowest BCUT2D eigenvalue weighted by Crippen LogP contribution is -1.97. The monoisotopic (exact) mass is 84.0 g/mol. The van der Waals surface area contributed by atoms with Gasteiger partial charge in [-0.2, -0.15) is 0 Å². The molecule has 0 aliphatic heterocycles. The third-order valence-electron chi connectivity index (χ3n) is 0.358. The maximum absolute atomic E-state index is 9.66. The molecular weight excluding hydrogens is 78.8 g/mol. The van der Waals surface area contributed by atoms with Crippen LogP contribution in [-0.2, 0) is 4.79 Å². The Balaban J connectivity index is 2.83. The zero-order valence-electron chi connectivity index (χ0n) is 3.35. The van der Waals surface area contributed by atoms with Crippen molar-refractivity contribution in [2.24, 2.45) is 0 Å². The molecule has 0 aromatic heterocycles. The maximum atomic E-state index is 9.66. The van der Waals surface area contributed by atoms with Crippen molar-refractivity contribution in [2.45, 2.75) is 6.42 Å². The second-order valence-corrected chi connectivity index (χ2v) is 0.940. The van der Waals surface area contributed by atoms with Crippen LogP contribution in [0, 0.1) is 0 Å². The Labute approximate surface area is 37.6 Å². The van der Waals surface area contributed by atoms with Crippen molar-refractivity contribution >= 4 is 13.5 Å². The highest BCUT2D eigenvalue weighted by atomic mass is 16.3. The minimum atomic E-state index is -0.461. The summed E-state index contributed by atoms with van der Waals surface area (Å²) in [5.41, 5.74) is -0.461. The number of aliphatic hydroxyl groups excluding tert-OH is 1. The Hall–Kier alpha value is -0.305. The van der Waals surface area contributed by atoms with Crippen LogP contribution in [0.2, 0.25) is 0 Å². The minimum absolute atomic E-state index is 0.0694. The van der Waals surface area contributed by atoms with Gasteiger partial charge in [-0.3, -0.25) is 0 Å². The molecule has 32 valence electrons. The van der Waals surface area contributed by atoms with Gasteiger partial charge in [0, 0.05) is 13.0 Å². The van der Waals surface area contributed by atoms with E-state index in [9.17, 15) is 4.79 Å². The van der Waals surface area contributed by atoms with Gasteiger partial charge >= 0.3 is 0 Å². The first-order valence-electron chi connectivity index (χ1n) is 1.66. The molecule has 2 radical (unpaired) electrons. The molecule has 1 N–H and O–H groups in total. The van der Waals surface area contributed by atoms with Crippen LogP contribution in [0.25, 0.3) is 0 Å². The van der Waals surface area contributed by atoms with Gasteiger partial charge in [0.2, 0.25) is 0 Å². The van der Waals surface area contributed by atoms with Gasteiger partial charge in [0.15, 0.2) is 7.85 Å². The second-order valence-electron chi connectivity index (χ2n) is 0.940. The molecule has 0 unspecified atom stereocenters. The zero-order valence-corrected chi connectivity index (χ0v) is 3.35. The Bertz CT molecular complexity index is 52.8. The van der Waals surface area contributed by atoms with Crippen molar-refractivity contribution < 1.29 is 9.90 Å². The molecule has 0 aromatic rings. The molecule has 0 aromatic carbocycles. The van der Waals surface area contributed by atoms with Gasteiger partial charge in [-0.15, -0.1) is 0 Å². The average Bonchev–Trinajstić information content (AvgIpc) is 1.35. The Morgan fingerprint density at radius 3 is 2.33 bits per heavy atom. The van der Waals surface area contributed by atoms with E-state index in [1.807, 2.05) is 0 Å². The number of carbonyl (C=O) groups excluding carboxylic acids is 1. The van der Waals surface area contributed by atoms with Crippen LogP contribution in [0.5, 0.6) is 0 Å². The average molecular weight is 83.9 g/mol. The minimum Gasteiger partial charge on any atom is -0.396 e. The summed E-state index contributed by atoms with van der Waals surface area (Å²) >= 11 is 0. The fraction of sp³-hybridized carbons (Fsp3) is 0.667. The van der Waals surface area contributed by atoms with E-state index in [4.69, 9.17) is 5.11 Å². The van der Waals surface area contributed by atoms with E-state index in [0.717, 1.165) is 0 Å². The quantitative estimate of drug-likeness (QED) is 0.438. The molecule has 0 aliphatic rings. The molecular formula is C3H5BO2. The lowest BCUT2D eigenvalue weighted by molar-refractivity contribution is -0.112. The van der Waals surface area contributed by atoms with Crippen LogP contribution < -0.4 is 0 Å². The van der Waals surface area contributed by atoms with Gasteiger partial charge in [0.25, 0.3) is 0 Å². The van der Waals surface area contributed by atoms with E-state index < -0.39 is 5.68 Å². The highest BCUT2D eigenvalue weighted by molar-refractivity contribution is 6.57. The number of carbonyl (C=O) groups is 1. The summed E-state index contributed by atoms with van der Waals surface area (Å²) in [7, 11) is 4.60. The SMILES string of the molecule is [B]C(=O)CCO. The van der Waals surface area contributed by atoms with Gasteiger partial charge in [-0.1, -0.05) is 0 Å². The predicted octanol–water partition coefficient (Wildman–Crippen LogP) is -0.936. The van der Waals surface area contributed by atoms with Gasteiger partial charge in [0.05, 0.1) is 5.68 Å². The van der Waals surface area contributed by atoms with E-state index >= 15 is 0 Å². The van der Waals surface area contributed by atoms with Crippen LogP contribution in [0.4, 0.5) is 0 Å². The normalized spacial score (nSPS) is 8.17. The van der Waals surface area contributed by atoms with Gasteiger partial charge in [0.1, 0.15) is 0 Å². The first-order chi connectivity index (χ1) is 2.77. The smallest absolute Gasteiger partial charge is 0.167 e. The van der Waals surface area contributed by atoms with Gasteiger partial charge in [-0.25, -0.2) is 0 Å². The molecule has 0 aliphatic carbocycles. The highest BCUT2D eigenvalue weighted by Gasteiger charge is 1.84. The summed E-state index contributed by atoms with van der Waals surface area (Å²) in [4.78, 5) is 9.66. The first kappa shape index (κ1) is 5.69. The van der Waals surface area contributed by atoms with Crippen LogP contribution in [-0.4, -0.2) is 25.2 Å². The Morgan fingerprint density at radius 2 is 2.33 bits per heavy atom. The number of hydrogen-bond acceptors (Lipinski definition) is 2. The Morgan fingerprint density at radius 1 is 1.83 bits per heavy atom. The van der Waals surface area contributed by atoms with Crippen molar-refractivity contribution in [1.29, 1.82) is 0 Å². The first-order valence-corrected chi connectivity index (χ1v) is 1.66. The third-order valence-corrected chi connectivity index (χ3v) is 0.358.